The number of thiazole rings is 1. The van der Waals surface area contributed by atoms with E-state index in [0.29, 0.717) is 5.75 Å². The summed E-state index contributed by atoms with van der Waals surface area (Å²) in [6, 6.07) is 5.44. The van der Waals surface area contributed by atoms with Crippen LogP contribution in [-0.4, -0.2) is 10.1 Å². The normalized spacial score (nSPS) is 17.6. The monoisotopic (exact) mass is 247 g/mol. The molecule has 0 radical (unpaired) electrons. The van der Waals surface area contributed by atoms with Crippen LogP contribution in [0, 0.1) is 5.92 Å². The van der Waals surface area contributed by atoms with Crippen molar-refractivity contribution >= 4 is 21.6 Å². The second-order valence-electron chi connectivity index (χ2n) is 4.97. The van der Waals surface area contributed by atoms with E-state index in [-0.39, 0.29) is 0 Å². The smallest absolute Gasteiger partial charge is 0.117 e. The zero-order valence-electron chi connectivity index (χ0n) is 9.85. The van der Waals surface area contributed by atoms with Gasteiger partial charge in [-0.1, -0.05) is 32.1 Å². The van der Waals surface area contributed by atoms with Crippen molar-refractivity contribution < 1.29 is 5.11 Å². The van der Waals surface area contributed by atoms with Gasteiger partial charge in [0.15, 0.2) is 0 Å². The van der Waals surface area contributed by atoms with Crippen molar-refractivity contribution in [1.29, 1.82) is 0 Å². The minimum absolute atomic E-state index is 0.338. The lowest BCUT2D eigenvalue weighted by Crippen LogP contribution is -2.08. The number of fused-ring (bicyclic) bond motifs is 1. The second kappa shape index (κ2) is 4.65. The lowest BCUT2D eigenvalue weighted by molar-refractivity contribution is 0.356. The van der Waals surface area contributed by atoms with Gasteiger partial charge < -0.3 is 5.11 Å². The first-order valence-corrected chi connectivity index (χ1v) is 7.21. The van der Waals surface area contributed by atoms with Crippen LogP contribution in [-0.2, 0) is 6.42 Å². The molecule has 1 aliphatic rings. The molecule has 0 spiro atoms. The van der Waals surface area contributed by atoms with Gasteiger partial charge in [0, 0.05) is 6.42 Å². The standard InChI is InChI=1S/C14H17NOS/c16-11-6-7-12-13(9-11)17-14(15-12)8-10-4-2-1-3-5-10/h6-7,9-10,16H,1-5,8H2. The summed E-state index contributed by atoms with van der Waals surface area (Å²) >= 11 is 1.73. The van der Waals surface area contributed by atoms with Crippen molar-refractivity contribution in [3.63, 3.8) is 0 Å². The SMILES string of the molecule is Oc1ccc2nc(CC3CCCCC3)sc2c1. The zero-order chi connectivity index (χ0) is 11.7. The van der Waals surface area contributed by atoms with Gasteiger partial charge in [0.1, 0.15) is 5.75 Å². The number of phenolic OH excluding ortho intramolecular Hbond substituents is 1. The molecule has 1 heterocycles. The van der Waals surface area contributed by atoms with Crippen LogP contribution in [0.3, 0.4) is 0 Å². The molecule has 1 aromatic carbocycles. The lowest BCUT2D eigenvalue weighted by Gasteiger charge is -2.20. The van der Waals surface area contributed by atoms with Crippen molar-refractivity contribution in [2.24, 2.45) is 5.92 Å². The maximum Gasteiger partial charge on any atom is 0.117 e. The molecule has 0 saturated heterocycles. The van der Waals surface area contributed by atoms with Crippen LogP contribution in [0.25, 0.3) is 10.2 Å². The molecule has 2 nitrogen and oxygen atoms in total. The number of phenols is 1. The Bertz CT molecular complexity index is 514. The summed E-state index contributed by atoms with van der Waals surface area (Å²) in [7, 11) is 0. The van der Waals surface area contributed by atoms with Crippen molar-refractivity contribution in [3.05, 3.63) is 23.2 Å². The molecule has 0 amide bonds. The lowest BCUT2D eigenvalue weighted by atomic mass is 9.87. The van der Waals surface area contributed by atoms with Gasteiger partial charge in [-0.05, 0) is 24.1 Å². The predicted molar refractivity (Wildman–Crippen MR) is 71.6 cm³/mol. The van der Waals surface area contributed by atoms with E-state index in [4.69, 9.17) is 0 Å². The van der Waals surface area contributed by atoms with E-state index in [1.54, 1.807) is 17.4 Å². The van der Waals surface area contributed by atoms with Crippen LogP contribution in [0.1, 0.15) is 37.1 Å². The van der Waals surface area contributed by atoms with Gasteiger partial charge in [0.25, 0.3) is 0 Å². The molecule has 3 heteroatoms. The second-order valence-corrected chi connectivity index (χ2v) is 6.08. The van der Waals surface area contributed by atoms with Crippen LogP contribution in [0.2, 0.25) is 0 Å². The van der Waals surface area contributed by atoms with E-state index in [1.165, 1.54) is 37.1 Å². The molecule has 0 aliphatic heterocycles. The Labute approximate surface area is 105 Å². The fourth-order valence-corrected chi connectivity index (χ4v) is 3.80. The number of rotatable bonds is 2. The summed E-state index contributed by atoms with van der Waals surface area (Å²) in [5, 5.41) is 10.7. The Balaban J connectivity index is 1.80. The Hall–Kier alpha value is -1.09. The van der Waals surface area contributed by atoms with Gasteiger partial charge in [-0.25, -0.2) is 4.98 Å². The highest BCUT2D eigenvalue weighted by atomic mass is 32.1. The molecule has 1 aromatic heterocycles. The summed E-state index contributed by atoms with van der Waals surface area (Å²) in [5.41, 5.74) is 1.03. The third-order valence-electron chi connectivity index (χ3n) is 3.60. The average molecular weight is 247 g/mol. The van der Waals surface area contributed by atoms with E-state index in [1.807, 2.05) is 12.1 Å². The van der Waals surface area contributed by atoms with Crippen LogP contribution >= 0.6 is 11.3 Å². The van der Waals surface area contributed by atoms with Gasteiger partial charge in [0.2, 0.25) is 0 Å². The molecule has 1 fully saturated rings. The van der Waals surface area contributed by atoms with Gasteiger partial charge in [0.05, 0.1) is 15.2 Å². The molecule has 2 aromatic rings. The molecule has 1 aliphatic carbocycles. The molecule has 1 N–H and O–H groups in total. The molecule has 1 saturated carbocycles. The first kappa shape index (κ1) is 11.0. The van der Waals surface area contributed by atoms with E-state index >= 15 is 0 Å². The van der Waals surface area contributed by atoms with Crippen LogP contribution in [0.5, 0.6) is 5.75 Å². The maximum absolute atomic E-state index is 9.44. The molecule has 3 rings (SSSR count). The number of hydrogen-bond acceptors (Lipinski definition) is 3. The van der Waals surface area contributed by atoms with Crippen LogP contribution < -0.4 is 0 Å². The first-order chi connectivity index (χ1) is 8.31. The predicted octanol–water partition coefficient (Wildman–Crippen LogP) is 4.12. The third-order valence-corrected chi connectivity index (χ3v) is 4.64. The highest BCUT2D eigenvalue weighted by molar-refractivity contribution is 7.18. The Morgan fingerprint density at radius 2 is 2.06 bits per heavy atom. The van der Waals surface area contributed by atoms with Crippen molar-refractivity contribution in [1.82, 2.24) is 4.98 Å². The molecule has 0 atom stereocenters. The minimum atomic E-state index is 0.338. The topological polar surface area (TPSA) is 33.1 Å². The summed E-state index contributed by atoms with van der Waals surface area (Å²) < 4.78 is 1.11. The largest absolute Gasteiger partial charge is 0.508 e. The quantitative estimate of drug-likeness (QED) is 0.865. The fourth-order valence-electron chi connectivity index (χ4n) is 2.69. The average Bonchev–Trinajstić information content (AvgIpc) is 2.71. The van der Waals surface area contributed by atoms with Crippen LogP contribution in [0.4, 0.5) is 0 Å². The summed E-state index contributed by atoms with van der Waals surface area (Å²) in [4.78, 5) is 4.66. The molecule has 90 valence electrons. The maximum atomic E-state index is 9.44. The Kier molecular flexibility index (Phi) is 3.02. The number of hydrogen-bond donors (Lipinski definition) is 1. The molecule has 17 heavy (non-hydrogen) atoms. The van der Waals surface area contributed by atoms with Gasteiger partial charge in [-0.15, -0.1) is 11.3 Å². The molecule has 0 bridgehead atoms. The van der Waals surface area contributed by atoms with Gasteiger partial charge in [-0.3, -0.25) is 0 Å². The van der Waals surface area contributed by atoms with Crippen molar-refractivity contribution in [3.8, 4) is 5.75 Å². The summed E-state index contributed by atoms with van der Waals surface area (Å²) in [6.45, 7) is 0. The van der Waals surface area contributed by atoms with E-state index < -0.39 is 0 Å². The Morgan fingerprint density at radius 3 is 2.88 bits per heavy atom. The Morgan fingerprint density at radius 1 is 1.24 bits per heavy atom. The van der Waals surface area contributed by atoms with Crippen molar-refractivity contribution in [2.75, 3.05) is 0 Å². The van der Waals surface area contributed by atoms with E-state index in [2.05, 4.69) is 4.98 Å². The molecule has 0 unspecified atom stereocenters. The first-order valence-electron chi connectivity index (χ1n) is 6.40. The summed E-state index contributed by atoms with van der Waals surface area (Å²) in [6.07, 6.45) is 8.03. The van der Waals surface area contributed by atoms with Crippen LogP contribution in [0.15, 0.2) is 18.2 Å². The van der Waals surface area contributed by atoms with Gasteiger partial charge in [-0.2, -0.15) is 0 Å². The van der Waals surface area contributed by atoms with E-state index in [9.17, 15) is 5.11 Å². The minimum Gasteiger partial charge on any atom is -0.508 e. The highest BCUT2D eigenvalue weighted by Crippen LogP contribution is 2.31. The van der Waals surface area contributed by atoms with Gasteiger partial charge >= 0.3 is 0 Å². The number of benzene rings is 1. The number of aromatic hydroxyl groups is 1. The number of nitrogens with zero attached hydrogens (tertiary/aromatic N) is 1. The summed E-state index contributed by atoms with van der Waals surface area (Å²) in [5.74, 6) is 1.17. The third kappa shape index (κ3) is 2.44. The number of aromatic nitrogens is 1. The fraction of sp³-hybridized carbons (Fsp3) is 0.500. The molecular weight excluding hydrogens is 230 g/mol. The zero-order valence-corrected chi connectivity index (χ0v) is 10.7. The van der Waals surface area contributed by atoms with E-state index in [0.717, 1.165) is 22.6 Å². The molecular formula is C14H17NOS. The highest BCUT2D eigenvalue weighted by Gasteiger charge is 2.16. The van der Waals surface area contributed by atoms with Crippen molar-refractivity contribution in [2.45, 2.75) is 38.5 Å².